The summed E-state index contributed by atoms with van der Waals surface area (Å²) in [6, 6.07) is 15.8. The molecule has 0 atom stereocenters. The van der Waals surface area contributed by atoms with Crippen LogP contribution in [0.4, 0.5) is 0 Å². The van der Waals surface area contributed by atoms with Gasteiger partial charge in [0.1, 0.15) is 23.1 Å². The van der Waals surface area contributed by atoms with Crippen LogP contribution in [0, 0.1) is 0 Å². The van der Waals surface area contributed by atoms with Crippen molar-refractivity contribution in [2.24, 2.45) is 0 Å². The van der Waals surface area contributed by atoms with Gasteiger partial charge in [-0.05, 0) is 87.5 Å². The van der Waals surface area contributed by atoms with Gasteiger partial charge in [-0.1, -0.05) is 24.3 Å². The normalized spacial score (nSPS) is 11.8. The lowest BCUT2D eigenvalue weighted by atomic mass is 10.0. The third kappa shape index (κ3) is 10.6. The Morgan fingerprint density at radius 3 is 1.23 bits per heavy atom. The zero-order valence-corrected chi connectivity index (χ0v) is 21.8. The number of hydrogen-bond acceptors (Lipinski definition) is 4. The molecule has 0 aromatic heterocycles. The maximum absolute atomic E-state index is 12.2. The summed E-state index contributed by atoms with van der Waals surface area (Å²) in [6.07, 6.45) is 2.11. The largest absolute Gasteiger partial charge is 0.544 e. The minimum Gasteiger partial charge on any atom is -0.544 e. The van der Waals surface area contributed by atoms with Crippen molar-refractivity contribution in [1.82, 2.24) is 0 Å². The second kappa shape index (κ2) is 10.9. The molecule has 2 aromatic rings. The van der Waals surface area contributed by atoms with Crippen molar-refractivity contribution >= 4 is 28.2 Å². The number of aryl methyl sites for hydroxylation is 2. The molecular weight excluding hydrogens is 420 g/mol. The first kappa shape index (κ1) is 25.1. The fraction of sp³-hybridized carbons (Fsp3) is 0.440. The van der Waals surface area contributed by atoms with Crippen LogP contribution in [0.5, 0.6) is 11.5 Å². The van der Waals surface area contributed by atoms with Gasteiger partial charge in [-0.25, -0.2) is 0 Å². The summed E-state index contributed by atoms with van der Waals surface area (Å²) in [5.41, 5.74) is 2.17. The highest BCUT2D eigenvalue weighted by Crippen LogP contribution is 2.19. The van der Waals surface area contributed by atoms with E-state index in [9.17, 15) is 9.59 Å². The van der Waals surface area contributed by atoms with Gasteiger partial charge in [0, 0.05) is 12.8 Å². The van der Waals surface area contributed by atoms with E-state index in [4.69, 9.17) is 8.85 Å². The van der Waals surface area contributed by atoms with Gasteiger partial charge in [-0.3, -0.25) is 9.59 Å². The Morgan fingerprint density at radius 2 is 0.935 bits per heavy atom. The first-order valence-corrected chi connectivity index (χ1v) is 17.8. The summed E-state index contributed by atoms with van der Waals surface area (Å²) in [5, 5.41) is 0. The molecule has 0 aliphatic heterocycles. The van der Waals surface area contributed by atoms with Crippen LogP contribution < -0.4 is 8.85 Å². The van der Waals surface area contributed by atoms with Gasteiger partial charge in [-0.2, -0.15) is 0 Å². The predicted octanol–water partition coefficient (Wildman–Crippen LogP) is 6.21. The minimum absolute atomic E-state index is 0.00584. The summed E-state index contributed by atoms with van der Waals surface area (Å²) in [4.78, 5) is 24.4. The monoisotopic (exact) mass is 456 g/mol. The molecule has 0 unspecified atom stereocenters. The number of Topliss-reactive ketones (excluding diaryl/α,β-unsaturated/α-hetero) is 2. The molecule has 0 spiro atoms. The van der Waals surface area contributed by atoms with Crippen LogP contribution in [0.1, 0.15) is 30.4 Å². The van der Waals surface area contributed by atoms with Crippen LogP contribution in [-0.4, -0.2) is 28.2 Å². The van der Waals surface area contributed by atoms with Crippen LogP contribution in [0.15, 0.2) is 48.5 Å². The van der Waals surface area contributed by atoms with E-state index in [0.717, 1.165) is 22.6 Å². The third-order valence-electron chi connectivity index (χ3n) is 4.47. The molecule has 0 saturated carbocycles. The topological polar surface area (TPSA) is 52.6 Å². The Bertz CT molecular complexity index is 787. The fourth-order valence-electron chi connectivity index (χ4n) is 3.12. The highest BCUT2D eigenvalue weighted by molar-refractivity contribution is 6.70. The average molecular weight is 457 g/mol. The molecule has 4 nitrogen and oxygen atoms in total. The Labute approximate surface area is 189 Å². The molecule has 0 N–H and O–H groups in total. The lowest BCUT2D eigenvalue weighted by Crippen LogP contribution is -2.29. The van der Waals surface area contributed by atoms with Crippen LogP contribution in [0.3, 0.4) is 0 Å². The van der Waals surface area contributed by atoms with Gasteiger partial charge < -0.3 is 8.85 Å². The van der Waals surface area contributed by atoms with E-state index in [1.165, 1.54) is 0 Å². The van der Waals surface area contributed by atoms with Crippen molar-refractivity contribution in [3.8, 4) is 11.5 Å². The maximum Gasteiger partial charge on any atom is 0.242 e. The molecule has 0 aliphatic rings. The maximum atomic E-state index is 12.2. The van der Waals surface area contributed by atoms with E-state index in [-0.39, 0.29) is 18.0 Å². The van der Waals surface area contributed by atoms with E-state index < -0.39 is 16.6 Å². The Balaban J connectivity index is 1.72. The molecule has 0 aliphatic carbocycles. The highest BCUT2D eigenvalue weighted by Gasteiger charge is 2.17. The molecule has 0 fully saturated rings. The number of carbonyl (C=O) groups is 2. The van der Waals surface area contributed by atoms with E-state index in [2.05, 4.69) is 39.3 Å². The van der Waals surface area contributed by atoms with Gasteiger partial charge in [0.15, 0.2) is 0 Å². The standard InChI is InChI=1S/C25H36O4Si2/c1-30(2,3)28-24-15-9-20(10-16-24)7-13-22(26)19-23(27)14-8-21-11-17-25(18-12-21)29-31(4,5)6/h9-12,15-18H,7-8,13-14,19H2,1-6H3. The van der Waals surface area contributed by atoms with E-state index in [1.807, 2.05) is 48.5 Å². The summed E-state index contributed by atoms with van der Waals surface area (Å²) in [6.45, 7) is 12.9. The number of carbonyl (C=O) groups excluding carboxylic acids is 2. The minimum atomic E-state index is -1.61. The Morgan fingerprint density at radius 1 is 0.613 bits per heavy atom. The third-order valence-corrected chi connectivity index (χ3v) is 6.17. The highest BCUT2D eigenvalue weighted by atomic mass is 28.4. The molecule has 31 heavy (non-hydrogen) atoms. The Kier molecular flexibility index (Phi) is 8.83. The zero-order valence-electron chi connectivity index (χ0n) is 19.8. The molecule has 6 heteroatoms. The van der Waals surface area contributed by atoms with Gasteiger partial charge >= 0.3 is 0 Å². The second-order valence-corrected chi connectivity index (χ2v) is 18.8. The van der Waals surface area contributed by atoms with Gasteiger partial charge in [-0.15, -0.1) is 0 Å². The van der Waals surface area contributed by atoms with Gasteiger partial charge in [0.25, 0.3) is 0 Å². The van der Waals surface area contributed by atoms with Crippen LogP contribution in [-0.2, 0) is 22.4 Å². The van der Waals surface area contributed by atoms with Crippen LogP contribution in [0.25, 0.3) is 0 Å². The molecule has 2 rings (SSSR count). The Hall–Kier alpha value is -2.19. The van der Waals surface area contributed by atoms with Crippen LogP contribution >= 0.6 is 0 Å². The van der Waals surface area contributed by atoms with E-state index >= 15 is 0 Å². The van der Waals surface area contributed by atoms with Crippen molar-refractivity contribution in [2.75, 3.05) is 0 Å². The number of rotatable bonds is 12. The first-order valence-electron chi connectivity index (χ1n) is 11.0. The molecule has 0 radical (unpaired) electrons. The smallest absolute Gasteiger partial charge is 0.242 e. The van der Waals surface area contributed by atoms with Crippen LogP contribution in [0.2, 0.25) is 39.3 Å². The molecular formula is C25H36O4Si2. The van der Waals surface area contributed by atoms with E-state index in [1.54, 1.807) is 0 Å². The summed E-state index contributed by atoms with van der Waals surface area (Å²) in [7, 11) is -3.22. The molecule has 2 aromatic carbocycles. The molecule has 0 heterocycles. The summed E-state index contributed by atoms with van der Waals surface area (Å²) >= 11 is 0. The molecule has 0 saturated heterocycles. The summed E-state index contributed by atoms with van der Waals surface area (Å²) in [5.74, 6) is 1.77. The molecule has 168 valence electrons. The van der Waals surface area contributed by atoms with Gasteiger partial charge in [0.05, 0.1) is 6.42 Å². The second-order valence-electron chi connectivity index (χ2n) is 9.97. The van der Waals surface area contributed by atoms with E-state index in [0.29, 0.717) is 25.7 Å². The van der Waals surface area contributed by atoms with Crippen molar-refractivity contribution in [3.05, 3.63) is 59.7 Å². The fourth-order valence-corrected chi connectivity index (χ4v) is 4.81. The molecule has 0 bridgehead atoms. The van der Waals surface area contributed by atoms with Crippen molar-refractivity contribution in [2.45, 2.75) is 71.4 Å². The SMILES string of the molecule is C[Si](C)(C)Oc1ccc(CCC(=O)CC(=O)CCc2ccc(O[Si](C)(C)C)cc2)cc1. The van der Waals surface area contributed by atoms with Gasteiger partial charge in [0.2, 0.25) is 16.6 Å². The first-order chi connectivity index (χ1) is 14.4. The summed E-state index contributed by atoms with van der Waals surface area (Å²) < 4.78 is 11.9. The quantitative estimate of drug-likeness (QED) is 0.281. The predicted molar refractivity (Wildman–Crippen MR) is 132 cm³/mol. The molecule has 0 amide bonds. The zero-order chi connectivity index (χ0) is 23.1. The number of benzene rings is 2. The lowest BCUT2D eigenvalue weighted by Gasteiger charge is -2.19. The number of hydrogen-bond donors (Lipinski definition) is 0. The number of ketones is 2. The van der Waals surface area contributed by atoms with Crippen molar-refractivity contribution < 1.29 is 18.4 Å². The van der Waals surface area contributed by atoms with Crippen molar-refractivity contribution in [3.63, 3.8) is 0 Å². The van der Waals surface area contributed by atoms with Crippen molar-refractivity contribution in [1.29, 1.82) is 0 Å². The lowest BCUT2D eigenvalue weighted by molar-refractivity contribution is -0.126. The average Bonchev–Trinajstić information content (AvgIpc) is 2.64.